The molecule has 0 saturated heterocycles. The SMILES string of the molecule is OC(CNCc1ccccc1OCc1ccccc1)c1ccc(Cl)cc1. The molecule has 134 valence electrons. The lowest BCUT2D eigenvalue weighted by Gasteiger charge is -2.15. The van der Waals surface area contributed by atoms with Crippen molar-refractivity contribution in [3.05, 3.63) is 101 Å². The maximum atomic E-state index is 10.3. The van der Waals surface area contributed by atoms with E-state index in [0.717, 1.165) is 22.4 Å². The van der Waals surface area contributed by atoms with Gasteiger partial charge in [-0.05, 0) is 29.3 Å². The van der Waals surface area contributed by atoms with Gasteiger partial charge in [-0.1, -0.05) is 72.3 Å². The van der Waals surface area contributed by atoms with E-state index < -0.39 is 6.10 Å². The number of ether oxygens (including phenoxy) is 1. The Morgan fingerprint density at radius 3 is 2.35 bits per heavy atom. The van der Waals surface area contributed by atoms with Crippen LogP contribution in [-0.4, -0.2) is 11.7 Å². The Morgan fingerprint density at radius 1 is 0.885 bits per heavy atom. The van der Waals surface area contributed by atoms with Gasteiger partial charge in [-0.25, -0.2) is 0 Å². The van der Waals surface area contributed by atoms with Gasteiger partial charge in [0.15, 0.2) is 0 Å². The standard InChI is InChI=1S/C22H22ClNO2/c23-20-12-10-18(11-13-20)21(25)15-24-14-19-8-4-5-9-22(19)26-16-17-6-2-1-3-7-17/h1-13,21,24-25H,14-16H2. The predicted molar refractivity (Wildman–Crippen MR) is 105 cm³/mol. The third kappa shape index (κ3) is 5.33. The van der Waals surface area contributed by atoms with Gasteiger partial charge in [0.25, 0.3) is 0 Å². The summed E-state index contributed by atoms with van der Waals surface area (Å²) < 4.78 is 5.96. The van der Waals surface area contributed by atoms with Crippen molar-refractivity contribution < 1.29 is 9.84 Å². The van der Waals surface area contributed by atoms with Gasteiger partial charge in [0, 0.05) is 23.7 Å². The second-order valence-corrected chi connectivity index (χ2v) is 6.52. The molecule has 26 heavy (non-hydrogen) atoms. The highest BCUT2D eigenvalue weighted by atomic mass is 35.5. The van der Waals surface area contributed by atoms with Crippen molar-refractivity contribution in [1.29, 1.82) is 0 Å². The topological polar surface area (TPSA) is 41.5 Å². The minimum Gasteiger partial charge on any atom is -0.489 e. The molecule has 0 fully saturated rings. The Labute approximate surface area is 159 Å². The fraction of sp³-hybridized carbons (Fsp3) is 0.182. The van der Waals surface area contributed by atoms with E-state index in [-0.39, 0.29) is 0 Å². The van der Waals surface area contributed by atoms with Crippen LogP contribution in [0.25, 0.3) is 0 Å². The number of benzene rings is 3. The van der Waals surface area contributed by atoms with Gasteiger partial charge >= 0.3 is 0 Å². The first-order chi connectivity index (χ1) is 12.7. The highest BCUT2D eigenvalue weighted by molar-refractivity contribution is 6.30. The Hall–Kier alpha value is -2.33. The zero-order valence-corrected chi connectivity index (χ0v) is 15.2. The van der Waals surface area contributed by atoms with Crippen molar-refractivity contribution in [3.63, 3.8) is 0 Å². The van der Waals surface area contributed by atoms with Crippen molar-refractivity contribution >= 4 is 11.6 Å². The van der Waals surface area contributed by atoms with E-state index in [0.29, 0.717) is 24.7 Å². The summed E-state index contributed by atoms with van der Waals surface area (Å²) in [6, 6.07) is 25.3. The van der Waals surface area contributed by atoms with Crippen LogP contribution in [0.5, 0.6) is 5.75 Å². The van der Waals surface area contributed by atoms with E-state index in [9.17, 15) is 5.11 Å². The minimum absolute atomic E-state index is 0.453. The lowest BCUT2D eigenvalue weighted by molar-refractivity contribution is 0.174. The number of rotatable bonds is 8. The number of halogens is 1. The Morgan fingerprint density at radius 2 is 1.58 bits per heavy atom. The van der Waals surface area contributed by atoms with Crippen LogP contribution in [0.1, 0.15) is 22.8 Å². The smallest absolute Gasteiger partial charge is 0.124 e. The van der Waals surface area contributed by atoms with Crippen molar-refractivity contribution in [2.45, 2.75) is 19.3 Å². The molecular formula is C22H22ClNO2. The van der Waals surface area contributed by atoms with Crippen LogP contribution >= 0.6 is 11.6 Å². The van der Waals surface area contributed by atoms with Gasteiger partial charge in [0.1, 0.15) is 12.4 Å². The van der Waals surface area contributed by atoms with Crippen LogP contribution < -0.4 is 10.1 Å². The van der Waals surface area contributed by atoms with E-state index >= 15 is 0 Å². The van der Waals surface area contributed by atoms with Crippen LogP contribution in [0, 0.1) is 0 Å². The maximum Gasteiger partial charge on any atom is 0.124 e. The molecule has 0 bridgehead atoms. The van der Waals surface area contributed by atoms with Gasteiger partial charge in [0.2, 0.25) is 0 Å². The summed E-state index contributed by atoms with van der Waals surface area (Å²) in [7, 11) is 0. The summed E-state index contributed by atoms with van der Waals surface area (Å²) >= 11 is 5.88. The third-order valence-corrected chi connectivity index (χ3v) is 4.37. The van der Waals surface area contributed by atoms with Crippen LogP contribution in [0.2, 0.25) is 5.02 Å². The number of hydrogen-bond donors (Lipinski definition) is 2. The minimum atomic E-state index is -0.579. The fourth-order valence-electron chi connectivity index (χ4n) is 2.67. The maximum absolute atomic E-state index is 10.3. The van der Waals surface area contributed by atoms with Crippen LogP contribution in [0.15, 0.2) is 78.9 Å². The molecule has 0 saturated carbocycles. The number of nitrogens with one attached hydrogen (secondary N) is 1. The highest BCUT2D eigenvalue weighted by Crippen LogP contribution is 2.20. The second kappa shape index (κ2) is 9.39. The van der Waals surface area contributed by atoms with Crippen LogP contribution in [-0.2, 0) is 13.2 Å². The Balaban J connectivity index is 1.54. The zero-order chi connectivity index (χ0) is 18.2. The number of aliphatic hydroxyl groups excluding tert-OH is 1. The molecule has 0 radical (unpaired) electrons. The molecule has 0 spiro atoms. The number of para-hydroxylation sites is 1. The summed E-state index contributed by atoms with van der Waals surface area (Å²) in [4.78, 5) is 0. The van der Waals surface area contributed by atoms with E-state index in [1.807, 2.05) is 66.7 Å². The molecular weight excluding hydrogens is 346 g/mol. The molecule has 3 rings (SSSR count). The molecule has 0 aliphatic heterocycles. The molecule has 3 aromatic carbocycles. The highest BCUT2D eigenvalue weighted by Gasteiger charge is 2.08. The number of hydrogen-bond acceptors (Lipinski definition) is 3. The second-order valence-electron chi connectivity index (χ2n) is 6.08. The predicted octanol–water partition coefficient (Wildman–Crippen LogP) is 4.74. The lowest BCUT2D eigenvalue weighted by Crippen LogP contribution is -2.21. The van der Waals surface area contributed by atoms with Gasteiger partial charge in [-0.2, -0.15) is 0 Å². The number of aliphatic hydroxyl groups is 1. The van der Waals surface area contributed by atoms with Gasteiger partial charge < -0.3 is 15.2 Å². The summed E-state index contributed by atoms with van der Waals surface area (Å²) in [6.45, 7) is 1.61. The fourth-order valence-corrected chi connectivity index (χ4v) is 2.80. The molecule has 0 amide bonds. The largest absolute Gasteiger partial charge is 0.489 e. The summed E-state index contributed by atoms with van der Waals surface area (Å²) in [5, 5.41) is 14.2. The quantitative estimate of drug-likeness (QED) is 0.604. The van der Waals surface area contributed by atoms with E-state index in [1.165, 1.54) is 0 Å². The molecule has 4 heteroatoms. The van der Waals surface area contributed by atoms with E-state index in [1.54, 1.807) is 12.1 Å². The van der Waals surface area contributed by atoms with Crippen molar-refractivity contribution in [1.82, 2.24) is 5.32 Å². The molecule has 1 unspecified atom stereocenters. The zero-order valence-electron chi connectivity index (χ0n) is 14.4. The van der Waals surface area contributed by atoms with E-state index in [2.05, 4.69) is 5.32 Å². The first-order valence-corrected chi connectivity index (χ1v) is 8.99. The summed E-state index contributed by atoms with van der Waals surface area (Å²) in [5.74, 6) is 0.852. The molecule has 1 atom stereocenters. The summed E-state index contributed by atoms with van der Waals surface area (Å²) in [6.07, 6.45) is -0.579. The van der Waals surface area contributed by atoms with E-state index in [4.69, 9.17) is 16.3 Å². The molecule has 0 aliphatic rings. The molecule has 2 N–H and O–H groups in total. The van der Waals surface area contributed by atoms with Crippen LogP contribution in [0.3, 0.4) is 0 Å². The van der Waals surface area contributed by atoms with Gasteiger partial charge in [-0.15, -0.1) is 0 Å². The molecule has 0 aliphatic carbocycles. The average molecular weight is 368 g/mol. The normalized spacial score (nSPS) is 11.9. The first-order valence-electron chi connectivity index (χ1n) is 8.61. The Kier molecular flexibility index (Phi) is 6.67. The molecule has 0 heterocycles. The van der Waals surface area contributed by atoms with Gasteiger partial charge in [-0.3, -0.25) is 0 Å². The van der Waals surface area contributed by atoms with Crippen molar-refractivity contribution in [2.75, 3.05) is 6.54 Å². The van der Waals surface area contributed by atoms with Crippen molar-refractivity contribution in [3.8, 4) is 5.75 Å². The Bertz CT molecular complexity index is 806. The average Bonchev–Trinajstić information content (AvgIpc) is 2.68. The molecule has 0 aromatic heterocycles. The van der Waals surface area contributed by atoms with Gasteiger partial charge in [0.05, 0.1) is 6.10 Å². The third-order valence-electron chi connectivity index (χ3n) is 4.12. The van der Waals surface area contributed by atoms with Crippen LogP contribution in [0.4, 0.5) is 0 Å². The molecule has 3 nitrogen and oxygen atoms in total. The lowest BCUT2D eigenvalue weighted by atomic mass is 10.1. The van der Waals surface area contributed by atoms with Crippen molar-refractivity contribution in [2.24, 2.45) is 0 Å². The monoisotopic (exact) mass is 367 g/mol. The summed E-state index contributed by atoms with van der Waals surface area (Å²) in [5.41, 5.74) is 3.04. The first kappa shape index (κ1) is 18.5. The molecule has 3 aromatic rings.